The second-order valence-electron chi connectivity index (χ2n) is 11.0. The van der Waals surface area contributed by atoms with Crippen molar-refractivity contribution in [2.24, 2.45) is 23.7 Å². The monoisotopic (exact) mass is 507 g/mol. The van der Waals surface area contributed by atoms with Crippen molar-refractivity contribution < 1.29 is 27.8 Å². The maximum absolute atomic E-state index is 12.9. The number of halogens is 3. The van der Waals surface area contributed by atoms with Gasteiger partial charge in [0.2, 0.25) is 0 Å². The fraction of sp³-hybridized carbons (Fsp3) is 0.643. The molecule has 4 rings (SSSR count). The Morgan fingerprint density at radius 1 is 1.17 bits per heavy atom. The van der Waals surface area contributed by atoms with Crippen LogP contribution in [0.5, 0.6) is 0 Å². The zero-order valence-corrected chi connectivity index (χ0v) is 21.6. The number of hydrogen-bond donors (Lipinski definition) is 1. The zero-order chi connectivity index (χ0) is 26.3. The highest BCUT2D eigenvalue weighted by Crippen LogP contribution is 2.51. The molecule has 1 radical (unpaired) electrons. The summed E-state index contributed by atoms with van der Waals surface area (Å²) >= 11 is 0. The molecule has 1 unspecified atom stereocenters. The lowest BCUT2D eigenvalue weighted by molar-refractivity contribution is -0.148. The van der Waals surface area contributed by atoms with Crippen LogP contribution in [-0.2, 0) is 15.7 Å². The highest BCUT2D eigenvalue weighted by molar-refractivity contribution is 5.66. The van der Waals surface area contributed by atoms with Crippen LogP contribution in [0.4, 0.5) is 18.9 Å². The molecule has 1 aliphatic heterocycles. The zero-order valence-electron chi connectivity index (χ0n) is 21.6. The van der Waals surface area contributed by atoms with Crippen LogP contribution in [0.2, 0.25) is 0 Å². The van der Waals surface area contributed by atoms with Crippen LogP contribution in [-0.4, -0.2) is 60.4 Å². The maximum atomic E-state index is 12.9. The van der Waals surface area contributed by atoms with E-state index in [1.54, 1.807) is 12.1 Å². The lowest BCUT2D eigenvalue weighted by atomic mass is 9.57. The minimum absolute atomic E-state index is 0.0171. The van der Waals surface area contributed by atoms with E-state index in [4.69, 9.17) is 4.74 Å². The number of nitrogens with zero attached hydrogens (tertiary/aromatic N) is 2. The van der Waals surface area contributed by atoms with Crippen molar-refractivity contribution in [3.05, 3.63) is 47.9 Å². The first-order chi connectivity index (χ1) is 16.9. The number of fused-ring (bicyclic) bond motifs is 1. The molecule has 1 saturated heterocycles. The predicted octanol–water partition coefficient (Wildman–Crippen LogP) is 4.95. The second-order valence-corrected chi connectivity index (χ2v) is 11.0. The molecule has 199 valence electrons. The Labute approximate surface area is 212 Å². The number of rotatable bonds is 5. The summed E-state index contributed by atoms with van der Waals surface area (Å²) in [6.45, 7) is 11.8. The van der Waals surface area contributed by atoms with E-state index in [1.165, 1.54) is 6.92 Å². The normalized spacial score (nSPS) is 32.4. The molecule has 1 saturated carbocycles. The van der Waals surface area contributed by atoms with E-state index in [2.05, 4.69) is 29.7 Å². The minimum atomic E-state index is -4.32. The molecule has 2 fully saturated rings. The number of alkyl halides is 3. The highest BCUT2D eigenvalue weighted by Gasteiger charge is 2.53. The van der Waals surface area contributed by atoms with E-state index in [0.29, 0.717) is 11.8 Å². The SMILES string of the molecule is CC(=O)O[C@@H]1[CH][C@@]2(O)[C@H](C)CC[C@@H](C(C)CN3CCN(c4ccc(C(F)(F)F)cc4)CC3)[C@H]2C=C1C. The Bertz CT molecular complexity index is 956. The summed E-state index contributed by atoms with van der Waals surface area (Å²) in [4.78, 5) is 16.1. The molecule has 0 amide bonds. The lowest BCUT2D eigenvalue weighted by Crippen LogP contribution is -2.57. The summed E-state index contributed by atoms with van der Waals surface area (Å²) in [5, 5.41) is 11.7. The molecule has 1 heterocycles. The van der Waals surface area contributed by atoms with Gasteiger partial charge < -0.3 is 14.7 Å². The van der Waals surface area contributed by atoms with E-state index in [0.717, 1.165) is 69.0 Å². The van der Waals surface area contributed by atoms with Crippen molar-refractivity contribution in [2.75, 3.05) is 37.6 Å². The van der Waals surface area contributed by atoms with E-state index in [-0.39, 0.29) is 17.8 Å². The molecule has 0 spiro atoms. The molecular weight excluding hydrogens is 469 g/mol. The van der Waals surface area contributed by atoms with Crippen LogP contribution in [0.1, 0.15) is 46.1 Å². The molecule has 2 aliphatic carbocycles. The van der Waals surface area contributed by atoms with Gasteiger partial charge in [-0.15, -0.1) is 0 Å². The molecule has 0 aromatic heterocycles. The first-order valence-electron chi connectivity index (χ1n) is 13.0. The summed E-state index contributed by atoms with van der Waals surface area (Å²) < 4.78 is 44.1. The molecule has 8 heteroatoms. The smallest absolute Gasteiger partial charge is 0.416 e. The average Bonchev–Trinajstić information content (AvgIpc) is 2.81. The Kier molecular flexibility index (Phi) is 7.77. The summed E-state index contributed by atoms with van der Waals surface area (Å²) in [5.41, 5.74) is 0.167. The third-order valence-corrected chi connectivity index (χ3v) is 8.53. The van der Waals surface area contributed by atoms with E-state index < -0.39 is 23.4 Å². The minimum Gasteiger partial charge on any atom is -0.458 e. The van der Waals surface area contributed by atoms with Gasteiger partial charge in [0.25, 0.3) is 0 Å². The van der Waals surface area contributed by atoms with Crippen LogP contribution in [0.3, 0.4) is 0 Å². The van der Waals surface area contributed by atoms with Crippen molar-refractivity contribution in [1.82, 2.24) is 4.90 Å². The van der Waals surface area contributed by atoms with Gasteiger partial charge in [-0.1, -0.05) is 19.9 Å². The van der Waals surface area contributed by atoms with Gasteiger partial charge >= 0.3 is 12.1 Å². The number of anilines is 1. The maximum Gasteiger partial charge on any atom is 0.416 e. The molecule has 1 N–H and O–H groups in total. The second kappa shape index (κ2) is 10.4. The van der Waals surface area contributed by atoms with Crippen LogP contribution in [0.15, 0.2) is 35.9 Å². The van der Waals surface area contributed by atoms with E-state index >= 15 is 0 Å². The van der Waals surface area contributed by atoms with Gasteiger partial charge in [-0.2, -0.15) is 13.2 Å². The number of piperazine rings is 1. The number of ether oxygens (including phenoxy) is 1. The first-order valence-corrected chi connectivity index (χ1v) is 13.0. The standard InChI is InChI=1S/C28H38F3N2O3/c1-18-15-25-24(10-5-20(3)27(25,35)16-26(18)36-21(4)34)19(2)17-32-11-13-33(14-12-32)23-8-6-22(7-9-23)28(29,30)31/h6-9,15-16,19-20,24-26,35H,5,10-14,17H2,1-4H3/t19?,20-,24+,25-,26-,27-/m1/s1. The molecule has 3 aliphatic rings. The van der Waals surface area contributed by atoms with Gasteiger partial charge in [0, 0.05) is 57.7 Å². The lowest BCUT2D eigenvalue weighted by Gasteiger charge is -2.53. The first kappa shape index (κ1) is 27.0. The van der Waals surface area contributed by atoms with Crippen LogP contribution in [0.25, 0.3) is 0 Å². The molecule has 1 aromatic rings. The Morgan fingerprint density at radius 2 is 1.81 bits per heavy atom. The molecule has 5 nitrogen and oxygen atoms in total. The van der Waals surface area contributed by atoms with Gasteiger partial charge in [-0.3, -0.25) is 9.69 Å². The van der Waals surface area contributed by atoms with E-state index in [9.17, 15) is 23.1 Å². The van der Waals surface area contributed by atoms with Gasteiger partial charge in [-0.25, -0.2) is 0 Å². The van der Waals surface area contributed by atoms with E-state index in [1.807, 2.05) is 13.3 Å². The van der Waals surface area contributed by atoms with Gasteiger partial charge in [-0.05, 0) is 67.4 Å². The van der Waals surface area contributed by atoms with Crippen LogP contribution in [0, 0.1) is 30.1 Å². The van der Waals surface area contributed by atoms with Crippen molar-refractivity contribution in [1.29, 1.82) is 0 Å². The largest absolute Gasteiger partial charge is 0.458 e. The van der Waals surface area contributed by atoms with Crippen LogP contribution < -0.4 is 4.90 Å². The molecule has 36 heavy (non-hydrogen) atoms. The molecular formula is C28H38F3N2O3. The van der Waals surface area contributed by atoms with Crippen molar-refractivity contribution in [3.63, 3.8) is 0 Å². The topological polar surface area (TPSA) is 53.0 Å². The number of benzene rings is 1. The Hall–Kier alpha value is -2.06. The summed E-state index contributed by atoms with van der Waals surface area (Å²) in [5.74, 6) is 0.380. The van der Waals surface area contributed by atoms with Gasteiger partial charge in [0.05, 0.1) is 11.2 Å². The Morgan fingerprint density at radius 3 is 2.39 bits per heavy atom. The molecule has 6 atom stereocenters. The number of hydrogen-bond acceptors (Lipinski definition) is 5. The molecule has 0 bridgehead atoms. The van der Waals surface area contributed by atoms with Crippen molar-refractivity contribution in [3.8, 4) is 0 Å². The summed E-state index contributed by atoms with van der Waals surface area (Å²) in [7, 11) is 0. The summed E-state index contributed by atoms with van der Waals surface area (Å²) in [6, 6.07) is 5.42. The molecule has 1 aromatic carbocycles. The van der Waals surface area contributed by atoms with Gasteiger partial charge in [0.1, 0.15) is 6.10 Å². The number of aliphatic hydroxyl groups is 1. The van der Waals surface area contributed by atoms with Crippen molar-refractivity contribution >= 4 is 11.7 Å². The fourth-order valence-electron chi connectivity index (χ4n) is 6.35. The third-order valence-electron chi connectivity index (χ3n) is 8.53. The quantitative estimate of drug-likeness (QED) is 0.451. The number of carbonyl (C=O) groups excluding carboxylic acids is 1. The Balaban J connectivity index is 1.37. The number of esters is 1. The van der Waals surface area contributed by atoms with Gasteiger partial charge in [0.15, 0.2) is 0 Å². The average molecular weight is 508 g/mol. The van der Waals surface area contributed by atoms with Crippen LogP contribution >= 0.6 is 0 Å². The van der Waals surface area contributed by atoms with Crippen molar-refractivity contribution in [2.45, 2.75) is 58.4 Å². The summed E-state index contributed by atoms with van der Waals surface area (Å²) in [6.07, 6.45) is 1.13. The third kappa shape index (κ3) is 5.59. The number of carbonyl (C=O) groups is 1. The highest BCUT2D eigenvalue weighted by atomic mass is 19.4. The predicted molar refractivity (Wildman–Crippen MR) is 133 cm³/mol. The fourth-order valence-corrected chi connectivity index (χ4v) is 6.35.